The quantitative estimate of drug-likeness (QED) is 0.819. The molecule has 0 radical (unpaired) electrons. The average molecular weight is 267 g/mol. The number of nitrogens with two attached hydrogens (primary N) is 1. The second-order valence-corrected chi connectivity index (χ2v) is 4.25. The Labute approximate surface area is 99.4 Å². The molecule has 0 aliphatic carbocycles. The summed E-state index contributed by atoms with van der Waals surface area (Å²) in [5, 5.41) is 3.20. The van der Waals surface area contributed by atoms with Crippen LogP contribution in [0, 0.1) is 19.3 Å². The molecule has 0 aromatic heterocycles. The molecule has 1 atom stereocenters. The molecule has 1 aromatic rings. The molecule has 0 aliphatic heterocycles. The standard InChI is InChI=1S/C12H15BrN2/c1-3-6-15-12(8-14)10-5-4-9(2)7-11(10)13/h1,4-5,7,12,15H,6,8,14H2,2H3. The van der Waals surface area contributed by atoms with Gasteiger partial charge in [-0.05, 0) is 24.1 Å². The molecule has 0 fully saturated rings. The van der Waals surface area contributed by atoms with E-state index in [-0.39, 0.29) is 6.04 Å². The molecule has 80 valence electrons. The van der Waals surface area contributed by atoms with Crippen LogP contribution in [0.25, 0.3) is 0 Å². The summed E-state index contributed by atoms with van der Waals surface area (Å²) in [5.74, 6) is 2.55. The van der Waals surface area contributed by atoms with E-state index < -0.39 is 0 Å². The summed E-state index contributed by atoms with van der Waals surface area (Å²) < 4.78 is 1.07. The van der Waals surface area contributed by atoms with Gasteiger partial charge in [-0.1, -0.05) is 34.0 Å². The summed E-state index contributed by atoms with van der Waals surface area (Å²) in [6, 6.07) is 6.33. The summed E-state index contributed by atoms with van der Waals surface area (Å²) in [6.07, 6.45) is 5.21. The van der Waals surface area contributed by atoms with E-state index in [1.807, 2.05) is 0 Å². The van der Waals surface area contributed by atoms with E-state index in [9.17, 15) is 0 Å². The van der Waals surface area contributed by atoms with Crippen LogP contribution in [0.4, 0.5) is 0 Å². The lowest BCUT2D eigenvalue weighted by Crippen LogP contribution is -2.28. The lowest BCUT2D eigenvalue weighted by Gasteiger charge is -2.17. The van der Waals surface area contributed by atoms with Crippen molar-refractivity contribution in [3.05, 3.63) is 33.8 Å². The van der Waals surface area contributed by atoms with E-state index in [1.54, 1.807) is 0 Å². The molecule has 1 aromatic carbocycles. The zero-order chi connectivity index (χ0) is 11.3. The third-order valence-electron chi connectivity index (χ3n) is 2.22. The summed E-state index contributed by atoms with van der Waals surface area (Å²) in [6.45, 7) is 3.12. The first-order chi connectivity index (χ1) is 7.19. The molecule has 0 amide bonds. The van der Waals surface area contributed by atoms with Crippen LogP contribution in [-0.4, -0.2) is 13.1 Å². The van der Waals surface area contributed by atoms with Crippen molar-refractivity contribution >= 4 is 15.9 Å². The largest absolute Gasteiger partial charge is 0.329 e. The van der Waals surface area contributed by atoms with Gasteiger partial charge >= 0.3 is 0 Å². The van der Waals surface area contributed by atoms with Gasteiger partial charge in [0.2, 0.25) is 0 Å². The summed E-state index contributed by atoms with van der Waals surface area (Å²) >= 11 is 3.53. The van der Waals surface area contributed by atoms with Crippen molar-refractivity contribution in [1.29, 1.82) is 0 Å². The van der Waals surface area contributed by atoms with Gasteiger partial charge in [-0.25, -0.2) is 0 Å². The minimum atomic E-state index is 0.107. The first-order valence-corrected chi connectivity index (χ1v) is 5.61. The SMILES string of the molecule is C#CCNC(CN)c1ccc(C)cc1Br. The monoisotopic (exact) mass is 266 g/mol. The maximum atomic E-state index is 5.70. The van der Waals surface area contributed by atoms with Crippen molar-refractivity contribution in [3.63, 3.8) is 0 Å². The number of halogens is 1. The fourth-order valence-electron chi connectivity index (χ4n) is 1.42. The third-order valence-corrected chi connectivity index (χ3v) is 2.90. The molecule has 3 N–H and O–H groups in total. The molecule has 3 heteroatoms. The van der Waals surface area contributed by atoms with E-state index in [0.717, 1.165) is 10.0 Å². The van der Waals surface area contributed by atoms with Gasteiger partial charge in [-0.2, -0.15) is 0 Å². The molecule has 1 unspecified atom stereocenters. The topological polar surface area (TPSA) is 38.0 Å². The number of nitrogens with one attached hydrogen (secondary N) is 1. The number of benzene rings is 1. The molecule has 15 heavy (non-hydrogen) atoms. The molecule has 0 heterocycles. The van der Waals surface area contributed by atoms with Crippen LogP contribution >= 0.6 is 15.9 Å². The molecular formula is C12H15BrN2. The molecule has 0 saturated heterocycles. The van der Waals surface area contributed by atoms with Crippen LogP contribution in [0.2, 0.25) is 0 Å². The average Bonchev–Trinajstić information content (AvgIpc) is 2.21. The summed E-state index contributed by atoms with van der Waals surface area (Å²) in [7, 11) is 0. The maximum Gasteiger partial charge on any atom is 0.0578 e. The highest BCUT2D eigenvalue weighted by molar-refractivity contribution is 9.10. The van der Waals surface area contributed by atoms with Crippen molar-refractivity contribution in [3.8, 4) is 12.3 Å². The Morgan fingerprint density at radius 2 is 2.33 bits per heavy atom. The van der Waals surface area contributed by atoms with Crippen molar-refractivity contribution in [1.82, 2.24) is 5.32 Å². The van der Waals surface area contributed by atoms with Gasteiger partial charge in [0.1, 0.15) is 0 Å². The lowest BCUT2D eigenvalue weighted by atomic mass is 10.1. The second-order valence-electron chi connectivity index (χ2n) is 3.40. The molecule has 0 aliphatic rings. The Morgan fingerprint density at radius 3 is 2.87 bits per heavy atom. The van der Waals surface area contributed by atoms with Gasteiger partial charge in [0, 0.05) is 17.1 Å². The van der Waals surface area contributed by atoms with E-state index in [0.29, 0.717) is 13.1 Å². The third kappa shape index (κ3) is 3.35. The highest BCUT2D eigenvalue weighted by Crippen LogP contribution is 2.23. The predicted molar refractivity (Wildman–Crippen MR) is 67.5 cm³/mol. The first kappa shape index (κ1) is 12.3. The minimum Gasteiger partial charge on any atom is -0.329 e. The van der Waals surface area contributed by atoms with Crippen molar-refractivity contribution < 1.29 is 0 Å². The lowest BCUT2D eigenvalue weighted by molar-refractivity contribution is 0.580. The van der Waals surface area contributed by atoms with Gasteiger partial charge in [0.15, 0.2) is 0 Å². The van der Waals surface area contributed by atoms with Crippen LogP contribution in [-0.2, 0) is 0 Å². The van der Waals surface area contributed by atoms with Gasteiger partial charge in [-0.15, -0.1) is 6.42 Å². The highest BCUT2D eigenvalue weighted by Gasteiger charge is 2.11. The van der Waals surface area contributed by atoms with E-state index >= 15 is 0 Å². The molecule has 1 rings (SSSR count). The van der Waals surface area contributed by atoms with Gasteiger partial charge < -0.3 is 5.73 Å². The number of terminal acetylenes is 1. The Kier molecular flexibility index (Phi) is 4.83. The molecular weight excluding hydrogens is 252 g/mol. The Hall–Kier alpha value is -0.820. The van der Waals surface area contributed by atoms with Crippen LogP contribution in [0.5, 0.6) is 0 Å². The molecule has 0 saturated carbocycles. The van der Waals surface area contributed by atoms with Crippen LogP contribution < -0.4 is 11.1 Å². The Morgan fingerprint density at radius 1 is 1.60 bits per heavy atom. The summed E-state index contributed by atoms with van der Waals surface area (Å²) in [5.41, 5.74) is 8.07. The fraction of sp³-hybridized carbons (Fsp3) is 0.333. The van der Waals surface area contributed by atoms with Gasteiger partial charge in [0.25, 0.3) is 0 Å². The Balaban J connectivity index is 2.87. The van der Waals surface area contributed by atoms with Crippen LogP contribution in [0.15, 0.2) is 22.7 Å². The normalized spacial score (nSPS) is 12.1. The fourth-order valence-corrected chi connectivity index (χ4v) is 2.19. The van der Waals surface area contributed by atoms with Crippen molar-refractivity contribution in [2.45, 2.75) is 13.0 Å². The first-order valence-electron chi connectivity index (χ1n) is 4.82. The van der Waals surface area contributed by atoms with E-state index in [1.165, 1.54) is 5.56 Å². The second kappa shape index (κ2) is 5.92. The van der Waals surface area contributed by atoms with Crippen LogP contribution in [0.3, 0.4) is 0 Å². The number of aryl methyl sites for hydroxylation is 1. The van der Waals surface area contributed by atoms with Crippen molar-refractivity contribution in [2.75, 3.05) is 13.1 Å². The molecule has 2 nitrogen and oxygen atoms in total. The summed E-state index contributed by atoms with van der Waals surface area (Å²) in [4.78, 5) is 0. The molecule has 0 spiro atoms. The molecule has 0 bridgehead atoms. The predicted octanol–water partition coefficient (Wildman–Crippen LogP) is 1.98. The van der Waals surface area contributed by atoms with Crippen LogP contribution in [0.1, 0.15) is 17.2 Å². The smallest absolute Gasteiger partial charge is 0.0578 e. The van der Waals surface area contributed by atoms with E-state index in [4.69, 9.17) is 12.2 Å². The van der Waals surface area contributed by atoms with Crippen molar-refractivity contribution in [2.24, 2.45) is 5.73 Å². The number of hydrogen-bond donors (Lipinski definition) is 2. The Bertz CT molecular complexity index is 368. The highest BCUT2D eigenvalue weighted by atomic mass is 79.9. The minimum absolute atomic E-state index is 0.107. The number of hydrogen-bond acceptors (Lipinski definition) is 2. The number of rotatable bonds is 4. The maximum absolute atomic E-state index is 5.70. The van der Waals surface area contributed by atoms with Gasteiger partial charge in [-0.3, -0.25) is 5.32 Å². The van der Waals surface area contributed by atoms with Gasteiger partial charge in [0.05, 0.1) is 6.54 Å². The van der Waals surface area contributed by atoms with E-state index in [2.05, 4.69) is 52.3 Å². The zero-order valence-electron chi connectivity index (χ0n) is 8.76. The zero-order valence-corrected chi connectivity index (χ0v) is 10.3.